The van der Waals surface area contributed by atoms with E-state index in [0.29, 0.717) is 17.2 Å². The lowest BCUT2D eigenvalue weighted by molar-refractivity contribution is -0.116. The predicted octanol–water partition coefficient (Wildman–Crippen LogP) is 3.60. The first-order chi connectivity index (χ1) is 14.4. The van der Waals surface area contributed by atoms with Crippen molar-refractivity contribution in [1.29, 1.82) is 0 Å². The molecule has 0 bridgehead atoms. The molecule has 0 atom stereocenters. The van der Waals surface area contributed by atoms with Crippen molar-refractivity contribution in [3.63, 3.8) is 0 Å². The second kappa shape index (κ2) is 8.12. The van der Waals surface area contributed by atoms with E-state index in [1.54, 1.807) is 30.3 Å². The molecular weight excluding hydrogens is 404 g/mol. The van der Waals surface area contributed by atoms with Crippen LogP contribution in [0.3, 0.4) is 0 Å². The molecule has 2 aromatic carbocycles. The van der Waals surface area contributed by atoms with Gasteiger partial charge in [-0.2, -0.15) is 4.31 Å². The number of sulfonamides is 1. The maximum Gasteiger partial charge on any atom is 0.251 e. The number of benzene rings is 2. The molecule has 1 heterocycles. The van der Waals surface area contributed by atoms with Crippen LogP contribution in [0.5, 0.6) is 11.5 Å². The first-order valence-corrected chi connectivity index (χ1v) is 11.4. The zero-order valence-electron chi connectivity index (χ0n) is 16.7. The van der Waals surface area contributed by atoms with Crippen molar-refractivity contribution in [2.24, 2.45) is 0 Å². The monoisotopic (exact) mass is 428 g/mol. The molecule has 1 amide bonds. The number of nitrogens with one attached hydrogen (secondary N) is 1. The molecule has 0 unspecified atom stereocenters. The van der Waals surface area contributed by atoms with E-state index in [0.717, 1.165) is 41.0 Å². The Hall–Kier alpha value is -2.84. The highest BCUT2D eigenvalue weighted by atomic mass is 32.2. The number of rotatable bonds is 6. The van der Waals surface area contributed by atoms with Crippen LogP contribution in [0.4, 0.5) is 5.69 Å². The van der Waals surface area contributed by atoms with Gasteiger partial charge in [-0.15, -0.1) is 0 Å². The van der Waals surface area contributed by atoms with Crippen LogP contribution in [-0.2, 0) is 14.8 Å². The lowest BCUT2D eigenvalue weighted by Gasteiger charge is -2.21. The van der Waals surface area contributed by atoms with Crippen LogP contribution >= 0.6 is 0 Å². The van der Waals surface area contributed by atoms with E-state index in [2.05, 4.69) is 5.32 Å². The second-order valence-electron chi connectivity index (χ2n) is 7.55. The van der Waals surface area contributed by atoms with Crippen molar-refractivity contribution in [2.45, 2.75) is 31.5 Å². The summed E-state index contributed by atoms with van der Waals surface area (Å²) in [6.07, 6.45) is 5.33. The summed E-state index contributed by atoms with van der Waals surface area (Å²) in [5, 5.41) is 3.82. The summed E-state index contributed by atoms with van der Waals surface area (Å²) >= 11 is 0. The highest BCUT2D eigenvalue weighted by Gasteiger charge is 2.44. The summed E-state index contributed by atoms with van der Waals surface area (Å²) in [6, 6.07) is 14.3. The third-order valence-electron chi connectivity index (χ3n) is 5.22. The normalized spacial score (nSPS) is 17.1. The van der Waals surface area contributed by atoms with Crippen LogP contribution in [0.15, 0.2) is 53.9 Å². The van der Waals surface area contributed by atoms with Crippen molar-refractivity contribution in [2.75, 3.05) is 18.9 Å². The summed E-state index contributed by atoms with van der Waals surface area (Å²) < 4.78 is 37.8. The minimum Gasteiger partial charge on any atom is -0.448 e. The van der Waals surface area contributed by atoms with Gasteiger partial charge in [0.15, 0.2) is 11.5 Å². The van der Waals surface area contributed by atoms with Crippen LogP contribution in [0, 0.1) is 0 Å². The maximum absolute atomic E-state index is 12.4. The van der Waals surface area contributed by atoms with Crippen LogP contribution < -0.4 is 14.8 Å². The first kappa shape index (κ1) is 20.4. The highest BCUT2D eigenvalue weighted by Crippen LogP contribution is 2.47. The van der Waals surface area contributed by atoms with Gasteiger partial charge in [0.2, 0.25) is 15.9 Å². The Morgan fingerprint density at radius 1 is 1.10 bits per heavy atom. The second-order valence-corrected chi connectivity index (χ2v) is 9.47. The Balaban J connectivity index is 1.36. The van der Waals surface area contributed by atoms with E-state index >= 15 is 0 Å². The molecule has 1 spiro atoms. The SMILES string of the molecule is CN(CC(=O)Nc1ccc2c(c1)OC1(CCCC1)O2)S(=O)(=O)C=Cc1ccccc1. The van der Waals surface area contributed by atoms with Crippen LogP contribution in [0.2, 0.25) is 0 Å². The number of amides is 1. The summed E-state index contributed by atoms with van der Waals surface area (Å²) in [4.78, 5) is 12.4. The number of anilines is 1. The van der Waals surface area contributed by atoms with Gasteiger partial charge in [0, 0.05) is 37.1 Å². The van der Waals surface area contributed by atoms with Gasteiger partial charge in [0.1, 0.15) is 0 Å². The molecule has 1 aliphatic carbocycles. The third kappa shape index (κ3) is 4.49. The van der Waals surface area contributed by atoms with Crippen molar-refractivity contribution >= 4 is 27.7 Å². The van der Waals surface area contributed by atoms with E-state index in [9.17, 15) is 13.2 Å². The van der Waals surface area contributed by atoms with Gasteiger partial charge in [0.25, 0.3) is 5.79 Å². The molecule has 0 radical (unpaired) electrons. The number of fused-ring (bicyclic) bond motifs is 1. The summed E-state index contributed by atoms with van der Waals surface area (Å²) in [7, 11) is -2.35. The van der Waals surface area contributed by atoms with Gasteiger partial charge >= 0.3 is 0 Å². The Morgan fingerprint density at radius 3 is 2.53 bits per heavy atom. The molecule has 4 rings (SSSR count). The van der Waals surface area contributed by atoms with Gasteiger partial charge in [-0.3, -0.25) is 4.79 Å². The van der Waals surface area contributed by atoms with Crippen molar-refractivity contribution < 1.29 is 22.7 Å². The van der Waals surface area contributed by atoms with Gasteiger partial charge in [-0.1, -0.05) is 30.3 Å². The highest BCUT2D eigenvalue weighted by molar-refractivity contribution is 7.92. The summed E-state index contributed by atoms with van der Waals surface area (Å²) in [5.74, 6) is 0.260. The number of hydrogen-bond acceptors (Lipinski definition) is 5. The van der Waals surface area contributed by atoms with E-state index in [1.165, 1.54) is 13.1 Å². The van der Waals surface area contributed by atoms with Crippen LogP contribution in [-0.4, -0.2) is 38.0 Å². The summed E-state index contributed by atoms with van der Waals surface area (Å²) in [5.41, 5.74) is 1.29. The molecule has 158 valence electrons. The number of nitrogens with zero attached hydrogens (tertiary/aromatic N) is 1. The van der Waals surface area contributed by atoms with Crippen LogP contribution in [0.1, 0.15) is 31.2 Å². The smallest absolute Gasteiger partial charge is 0.251 e. The number of carbonyl (C=O) groups excluding carboxylic acids is 1. The van der Waals surface area contributed by atoms with Crippen LogP contribution in [0.25, 0.3) is 6.08 Å². The number of ether oxygens (including phenoxy) is 2. The molecule has 1 fully saturated rings. The lowest BCUT2D eigenvalue weighted by atomic mass is 10.2. The minimum atomic E-state index is -3.72. The third-order valence-corrected chi connectivity index (χ3v) is 6.70. The van der Waals surface area contributed by atoms with E-state index < -0.39 is 21.7 Å². The standard InChI is InChI=1S/C22H24N2O5S/c1-24(30(26,27)14-11-17-7-3-2-4-8-17)16-21(25)23-18-9-10-19-20(15-18)29-22(28-19)12-5-6-13-22/h2-4,7-11,14-15H,5-6,12-13,16H2,1H3,(H,23,25). The largest absolute Gasteiger partial charge is 0.448 e. The number of likely N-dealkylation sites (N-methyl/N-ethyl adjacent to an activating group) is 1. The van der Waals surface area contributed by atoms with E-state index in [1.807, 2.05) is 18.2 Å². The quantitative estimate of drug-likeness (QED) is 0.760. The van der Waals surface area contributed by atoms with Gasteiger partial charge < -0.3 is 14.8 Å². The molecule has 7 nitrogen and oxygen atoms in total. The molecule has 1 saturated carbocycles. The zero-order valence-corrected chi connectivity index (χ0v) is 17.5. The molecule has 30 heavy (non-hydrogen) atoms. The van der Waals surface area contributed by atoms with Crippen molar-refractivity contribution in [1.82, 2.24) is 4.31 Å². The maximum atomic E-state index is 12.4. The molecular formula is C22H24N2O5S. The van der Waals surface area contributed by atoms with Gasteiger partial charge in [0.05, 0.1) is 6.54 Å². The van der Waals surface area contributed by atoms with Gasteiger partial charge in [-0.05, 0) is 36.6 Å². The predicted molar refractivity (Wildman–Crippen MR) is 115 cm³/mol. The summed E-state index contributed by atoms with van der Waals surface area (Å²) in [6.45, 7) is -0.306. The average molecular weight is 429 g/mol. The average Bonchev–Trinajstić information content (AvgIpc) is 3.32. The number of carbonyl (C=O) groups is 1. The fourth-order valence-corrected chi connectivity index (χ4v) is 4.45. The molecule has 2 aromatic rings. The zero-order chi connectivity index (χ0) is 21.2. The molecule has 8 heteroatoms. The topological polar surface area (TPSA) is 84.9 Å². The van der Waals surface area contributed by atoms with E-state index in [-0.39, 0.29) is 6.54 Å². The Kier molecular flexibility index (Phi) is 5.53. The van der Waals surface area contributed by atoms with Crippen molar-refractivity contribution in [3.8, 4) is 11.5 Å². The van der Waals surface area contributed by atoms with Gasteiger partial charge in [-0.25, -0.2) is 8.42 Å². The fraction of sp³-hybridized carbons (Fsp3) is 0.318. The Labute approximate surface area is 176 Å². The lowest BCUT2D eigenvalue weighted by Crippen LogP contribution is -2.34. The molecule has 1 N–H and O–H groups in total. The Bertz CT molecular complexity index is 1060. The molecule has 0 saturated heterocycles. The minimum absolute atomic E-state index is 0.306. The molecule has 2 aliphatic rings. The fourth-order valence-electron chi connectivity index (χ4n) is 3.61. The van der Waals surface area contributed by atoms with Crippen molar-refractivity contribution in [3.05, 3.63) is 59.5 Å². The molecule has 1 aliphatic heterocycles. The number of hydrogen-bond donors (Lipinski definition) is 1. The van der Waals surface area contributed by atoms with E-state index in [4.69, 9.17) is 9.47 Å². The first-order valence-electron chi connectivity index (χ1n) is 9.87. The molecule has 0 aromatic heterocycles. The Morgan fingerprint density at radius 2 is 1.80 bits per heavy atom.